The molecule has 0 spiro atoms. The van der Waals surface area contributed by atoms with Gasteiger partial charge in [-0.2, -0.15) is 0 Å². The molecule has 7 heteroatoms. The minimum Gasteiger partial charge on any atom is -0.422 e. The van der Waals surface area contributed by atoms with Crippen molar-refractivity contribution in [3.8, 4) is 0 Å². The smallest absolute Gasteiger partial charge is 0.349 e. The van der Waals surface area contributed by atoms with Crippen molar-refractivity contribution >= 4 is 39.1 Å². The maximum Gasteiger partial charge on any atom is 0.349 e. The summed E-state index contributed by atoms with van der Waals surface area (Å²) in [4.78, 5) is 42.7. The zero-order valence-corrected chi connectivity index (χ0v) is 17.1. The molecule has 0 atom stereocenters. The highest BCUT2D eigenvalue weighted by molar-refractivity contribution is 6.19. The first-order valence-electron chi connectivity index (χ1n) is 9.32. The lowest BCUT2D eigenvalue weighted by molar-refractivity contribution is 0.103. The molecular formula is C23H20N2O5. The Morgan fingerprint density at radius 2 is 1.03 bits per heavy atom. The SMILES string of the molecule is CN(C)c1c(C(=O)c2c(N(C)C)c3ccccc3oc2=O)c(=O)oc2ccccc12. The third-order valence-electron chi connectivity index (χ3n) is 4.92. The van der Waals surface area contributed by atoms with Crippen LogP contribution < -0.4 is 21.1 Å². The Morgan fingerprint density at radius 3 is 1.40 bits per heavy atom. The summed E-state index contributed by atoms with van der Waals surface area (Å²) in [6.45, 7) is 0. The van der Waals surface area contributed by atoms with Crippen molar-refractivity contribution in [2.75, 3.05) is 38.0 Å². The van der Waals surface area contributed by atoms with Crippen LogP contribution in [0.3, 0.4) is 0 Å². The van der Waals surface area contributed by atoms with E-state index in [1.807, 2.05) is 0 Å². The van der Waals surface area contributed by atoms with Crippen LogP contribution in [0, 0.1) is 0 Å². The lowest BCUT2D eigenvalue weighted by Gasteiger charge is -2.21. The van der Waals surface area contributed by atoms with Gasteiger partial charge in [0.2, 0.25) is 5.78 Å². The first kappa shape index (κ1) is 19.4. The molecule has 2 aromatic carbocycles. The number of fused-ring (bicyclic) bond motifs is 2. The molecule has 0 aliphatic heterocycles. The van der Waals surface area contributed by atoms with Gasteiger partial charge in [0.25, 0.3) is 0 Å². The Balaban J connectivity index is 2.11. The number of ketones is 1. The van der Waals surface area contributed by atoms with E-state index in [9.17, 15) is 14.4 Å². The zero-order valence-electron chi connectivity index (χ0n) is 17.1. The fraction of sp³-hybridized carbons (Fsp3) is 0.174. The Bertz CT molecular complexity index is 1310. The molecule has 7 nitrogen and oxygen atoms in total. The molecular weight excluding hydrogens is 384 g/mol. The molecule has 4 aromatic rings. The molecule has 0 unspecified atom stereocenters. The van der Waals surface area contributed by atoms with Gasteiger partial charge in [-0.3, -0.25) is 4.79 Å². The van der Waals surface area contributed by atoms with Gasteiger partial charge in [-0.05, 0) is 24.3 Å². The Hall–Kier alpha value is -3.87. The molecule has 0 bridgehead atoms. The Labute approximate surface area is 171 Å². The standard InChI is InChI=1S/C23H20N2O5/c1-24(2)19-13-9-5-7-11-15(13)29-22(27)17(19)21(26)18-20(25(3)4)14-10-6-8-12-16(14)30-23(18)28/h5-12H,1-4H3. The lowest BCUT2D eigenvalue weighted by Crippen LogP contribution is -2.28. The summed E-state index contributed by atoms with van der Waals surface area (Å²) in [6, 6.07) is 13.9. The third kappa shape index (κ3) is 2.95. The number of para-hydroxylation sites is 2. The van der Waals surface area contributed by atoms with Gasteiger partial charge in [-0.25, -0.2) is 9.59 Å². The van der Waals surface area contributed by atoms with Crippen LogP contribution in [0.2, 0.25) is 0 Å². The van der Waals surface area contributed by atoms with Crippen molar-refractivity contribution in [2.45, 2.75) is 0 Å². The summed E-state index contributed by atoms with van der Waals surface area (Å²) >= 11 is 0. The van der Waals surface area contributed by atoms with Crippen LogP contribution in [-0.2, 0) is 0 Å². The fourth-order valence-electron chi connectivity index (χ4n) is 3.72. The van der Waals surface area contributed by atoms with Crippen LogP contribution in [0.4, 0.5) is 11.4 Å². The Morgan fingerprint density at radius 1 is 0.667 bits per heavy atom. The summed E-state index contributed by atoms with van der Waals surface area (Å²) in [5.41, 5.74) is -0.511. The van der Waals surface area contributed by atoms with E-state index in [4.69, 9.17) is 8.83 Å². The van der Waals surface area contributed by atoms with Crippen LogP contribution in [0.15, 0.2) is 67.0 Å². The number of nitrogens with zero attached hydrogens (tertiary/aromatic N) is 2. The van der Waals surface area contributed by atoms with Crippen molar-refractivity contribution in [1.29, 1.82) is 0 Å². The average molecular weight is 404 g/mol. The highest BCUT2D eigenvalue weighted by Crippen LogP contribution is 2.32. The predicted octanol–water partition coefficient (Wildman–Crippen LogP) is 3.26. The van der Waals surface area contributed by atoms with Crippen LogP contribution in [0.5, 0.6) is 0 Å². The maximum absolute atomic E-state index is 13.7. The molecule has 0 saturated carbocycles. The molecule has 0 aliphatic carbocycles. The van der Waals surface area contributed by atoms with E-state index in [2.05, 4.69) is 0 Å². The molecule has 0 amide bonds. The molecule has 2 heterocycles. The topological polar surface area (TPSA) is 84.0 Å². The van der Waals surface area contributed by atoms with E-state index in [-0.39, 0.29) is 11.1 Å². The number of carbonyl (C=O) groups is 1. The van der Waals surface area contributed by atoms with Gasteiger partial charge in [0.05, 0.1) is 11.4 Å². The van der Waals surface area contributed by atoms with Crippen LogP contribution in [-0.4, -0.2) is 34.0 Å². The van der Waals surface area contributed by atoms with Crippen molar-refractivity contribution in [2.24, 2.45) is 0 Å². The zero-order chi connectivity index (χ0) is 21.6. The van der Waals surface area contributed by atoms with E-state index in [1.165, 1.54) is 0 Å². The van der Waals surface area contributed by atoms with Gasteiger partial charge < -0.3 is 18.6 Å². The molecule has 0 aliphatic rings. The van der Waals surface area contributed by atoms with E-state index in [0.717, 1.165) is 0 Å². The summed E-state index contributed by atoms with van der Waals surface area (Å²) < 4.78 is 10.8. The number of benzene rings is 2. The second-order valence-corrected chi connectivity index (χ2v) is 7.34. The van der Waals surface area contributed by atoms with Crippen molar-refractivity contribution in [1.82, 2.24) is 0 Å². The van der Waals surface area contributed by atoms with Gasteiger partial charge in [-0.1, -0.05) is 24.3 Å². The minimum atomic E-state index is -0.806. The van der Waals surface area contributed by atoms with E-state index >= 15 is 0 Å². The summed E-state index contributed by atoms with van der Waals surface area (Å²) in [6.07, 6.45) is 0. The maximum atomic E-state index is 13.7. The largest absolute Gasteiger partial charge is 0.422 e. The van der Waals surface area contributed by atoms with Gasteiger partial charge >= 0.3 is 11.3 Å². The van der Waals surface area contributed by atoms with Gasteiger partial charge in [-0.15, -0.1) is 0 Å². The molecule has 0 radical (unpaired) electrons. The molecule has 2 aromatic heterocycles. The van der Waals surface area contributed by atoms with E-state index in [1.54, 1.807) is 86.5 Å². The van der Waals surface area contributed by atoms with E-state index in [0.29, 0.717) is 33.3 Å². The van der Waals surface area contributed by atoms with Crippen molar-refractivity contribution in [3.63, 3.8) is 0 Å². The van der Waals surface area contributed by atoms with Gasteiger partial charge in [0.15, 0.2) is 0 Å². The highest BCUT2D eigenvalue weighted by Gasteiger charge is 2.30. The minimum absolute atomic E-state index is 0.204. The normalized spacial score (nSPS) is 11.1. The second-order valence-electron chi connectivity index (χ2n) is 7.34. The predicted molar refractivity (Wildman–Crippen MR) is 117 cm³/mol. The first-order chi connectivity index (χ1) is 14.3. The molecule has 4 rings (SSSR count). The quantitative estimate of drug-likeness (QED) is 0.381. The third-order valence-corrected chi connectivity index (χ3v) is 4.92. The summed E-state index contributed by atoms with van der Waals surface area (Å²) in [7, 11) is 6.92. The van der Waals surface area contributed by atoms with Crippen molar-refractivity contribution < 1.29 is 13.6 Å². The molecule has 0 N–H and O–H groups in total. The number of hydrogen-bond acceptors (Lipinski definition) is 7. The van der Waals surface area contributed by atoms with Gasteiger partial charge in [0.1, 0.15) is 22.3 Å². The number of carbonyl (C=O) groups excluding carboxylic acids is 1. The van der Waals surface area contributed by atoms with Gasteiger partial charge in [0, 0.05) is 39.0 Å². The summed E-state index contributed by atoms with van der Waals surface area (Å²) in [5, 5.41) is 1.20. The second kappa shape index (κ2) is 7.18. The highest BCUT2D eigenvalue weighted by atomic mass is 16.4. The number of anilines is 2. The molecule has 152 valence electrons. The van der Waals surface area contributed by atoms with Crippen LogP contribution in [0.25, 0.3) is 21.9 Å². The summed E-state index contributed by atoms with van der Waals surface area (Å²) in [5.74, 6) is -0.735. The first-order valence-corrected chi connectivity index (χ1v) is 9.32. The molecule has 30 heavy (non-hydrogen) atoms. The number of hydrogen-bond donors (Lipinski definition) is 0. The monoisotopic (exact) mass is 404 g/mol. The van der Waals surface area contributed by atoms with Crippen LogP contribution in [0.1, 0.15) is 15.9 Å². The molecule has 0 fully saturated rings. The average Bonchev–Trinajstić information content (AvgIpc) is 2.70. The fourth-order valence-corrected chi connectivity index (χ4v) is 3.72. The number of rotatable bonds is 4. The van der Waals surface area contributed by atoms with Crippen molar-refractivity contribution in [3.05, 3.63) is 80.5 Å². The van der Waals surface area contributed by atoms with Crippen LogP contribution >= 0.6 is 0 Å². The Kier molecular flexibility index (Phi) is 4.66. The van der Waals surface area contributed by atoms with E-state index < -0.39 is 17.0 Å². The molecule has 0 saturated heterocycles. The lowest BCUT2D eigenvalue weighted by atomic mass is 9.98.